The molecule has 0 atom stereocenters. The zero-order valence-corrected chi connectivity index (χ0v) is 17.4. The lowest BCUT2D eigenvalue weighted by atomic mass is 10.1. The average molecular weight is 424 g/mol. The van der Waals surface area contributed by atoms with Crippen molar-refractivity contribution in [3.8, 4) is 33.2 Å². The van der Waals surface area contributed by atoms with Gasteiger partial charge in [0.15, 0.2) is 5.82 Å². The lowest BCUT2D eigenvalue weighted by Gasteiger charge is -1.98. The molecule has 6 aromatic rings. The van der Waals surface area contributed by atoms with Crippen LogP contribution in [-0.2, 0) is 0 Å². The van der Waals surface area contributed by atoms with Gasteiger partial charge in [0.05, 0.1) is 22.1 Å². The first kappa shape index (κ1) is 17.8. The Labute approximate surface area is 180 Å². The first-order valence-electron chi connectivity index (χ1n) is 9.76. The van der Waals surface area contributed by atoms with E-state index in [-0.39, 0.29) is 0 Å². The first-order chi connectivity index (χ1) is 15.2. The van der Waals surface area contributed by atoms with Crippen molar-refractivity contribution in [2.75, 3.05) is 0 Å². The molecule has 1 aromatic carbocycles. The largest absolute Gasteiger partial charge is 0.336 e. The molecule has 0 aliphatic carbocycles. The van der Waals surface area contributed by atoms with E-state index in [0.29, 0.717) is 5.82 Å². The van der Waals surface area contributed by atoms with E-state index in [4.69, 9.17) is 4.98 Å². The summed E-state index contributed by atoms with van der Waals surface area (Å²) in [5, 5.41) is 15.6. The Morgan fingerprint density at radius 3 is 2.77 bits per heavy atom. The molecule has 8 heteroatoms. The van der Waals surface area contributed by atoms with Crippen molar-refractivity contribution in [3.63, 3.8) is 0 Å². The minimum absolute atomic E-state index is 0.705. The maximum Gasteiger partial charge on any atom is 0.159 e. The van der Waals surface area contributed by atoms with Gasteiger partial charge < -0.3 is 4.98 Å². The molecule has 0 aliphatic heterocycles. The number of rotatable bonds is 4. The van der Waals surface area contributed by atoms with Crippen molar-refractivity contribution in [1.82, 2.24) is 35.3 Å². The van der Waals surface area contributed by atoms with Gasteiger partial charge in [-0.05, 0) is 48.4 Å². The number of pyridine rings is 1. The third-order valence-corrected chi connectivity index (χ3v) is 6.53. The molecule has 7 nitrogen and oxygen atoms in total. The molecule has 0 saturated carbocycles. The van der Waals surface area contributed by atoms with Crippen LogP contribution in [-0.4, -0.2) is 35.3 Å². The third-order valence-electron chi connectivity index (χ3n) is 5.28. The fraction of sp³-hybridized carbons (Fsp3) is 0.0435. The summed E-state index contributed by atoms with van der Waals surface area (Å²) in [5.41, 5.74) is 7.47. The van der Waals surface area contributed by atoms with Gasteiger partial charge in [0.2, 0.25) is 0 Å². The van der Waals surface area contributed by atoms with Crippen LogP contribution in [0.25, 0.3) is 60.7 Å². The van der Waals surface area contributed by atoms with Crippen LogP contribution in [0.15, 0.2) is 61.6 Å². The maximum atomic E-state index is 4.89. The number of fused-ring (bicyclic) bond motifs is 2. The van der Waals surface area contributed by atoms with E-state index in [1.807, 2.05) is 31.3 Å². The average Bonchev–Trinajstić information content (AvgIpc) is 3.58. The van der Waals surface area contributed by atoms with Crippen LogP contribution < -0.4 is 0 Å². The van der Waals surface area contributed by atoms with Crippen molar-refractivity contribution in [3.05, 3.63) is 66.4 Å². The van der Waals surface area contributed by atoms with Crippen molar-refractivity contribution in [2.45, 2.75) is 6.92 Å². The monoisotopic (exact) mass is 423 g/mol. The lowest BCUT2D eigenvalue weighted by Crippen LogP contribution is -1.83. The van der Waals surface area contributed by atoms with E-state index in [0.717, 1.165) is 59.8 Å². The number of aromatic amines is 3. The summed E-state index contributed by atoms with van der Waals surface area (Å²) in [4.78, 5) is 15.1. The second kappa shape index (κ2) is 6.75. The fourth-order valence-electron chi connectivity index (χ4n) is 3.71. The van der Waals surface area contributed by atoms with Crippen LogP contribution in [0.1, 0.15) is 11.8 Å². The highest BCUT2D eigenvalue weighted by Gasteiger charge is 2.17. The second-order valence-corrected chi connectivity index (χ2v) is 8.49. The summed E-state index contributed by atoms with van der Waals surface area (Å²) in [7, 11) is 0. The smallest absolute Gasteiger partial charge is 0.159 e. The predicted molar refractivity (Wildman–Crippen MR) is 125 cm³/mol. The molecular formula is C23H17N7S. The highest BCUT2D eigenvalue weighted by atomic mass is 32.1. The molecule has 0 saturated heterocycles. The quantitative estimate of drug-likeness (QED) is 0.341. The van der Waals surface area contributed by atoms with Gasteiger partial charge in [-0.1, -0.05) is 12.6 Å². The summed E-state index contributed by atoms with van der Waals surface area (Å²) in [6, 6.07) is 12.3. The van der Waals surface area contributed by atoms with Crippen LogP contribution in [0.5, 0.6) is 0 Å². The number of thiophene rings is 1. The van der Waals surface area contributed by atoms with Gasteiger partial charge >= 0.3 is 0 Å². The molecule has 0 fully saturated rings. The number of nitrogens with one attached hydrogen (secondary N) is 3. The topological polar surface area (TPSA) is 98.9 Å². The van der Waals surface area contributed by atoms with E-state index in [1.54, 1.807) is 23.7 Å². The molecule has 150 valence electrons. The molecule has 0 aliphatic rings. The van der Waals surface area contributed by atoms with Crippen LogP contribution in [0.2, 0.25) is 0 Å². The molecule has 0 unspecified atom stereocenters. The molecule has 31 heavy (non-hydrogen) atoms. The van der Waals surface area contributed by atoms with Gasteiger partial charge in [0.1, 0.15) is 16.9 Å². The Morgan fingerprint density at radius 1 is 1.03 bits per heavy atom. The summed E-state index contributed by atoms with van der Waals surface area (Å²) < 4.78 is 0. The summed E-state index contributed by atoms with van der Waals surface area (Å²) in [5.74, 6) is 0.705. The number of imidazole rings is 1. The maximum absolute atomic E-state index is 4.89. The Morgan fingerprint density at radius 2 is 1.97 bits per heavy atom. The standard InChI is InChI=1S/C23H17N7S/c1-12(2)18-5-6-19(31-18)22-21-17(7-8-24-22)27-23(28-21)20-15-9-13(14-10-25-26-11-14)3-4-16(15)29-30-20/h3-11H,1H2,2H3,(H,25,26)(H,27,28)(H,29,30). The van der Waals surface area contributed by atoms with E-state index < -0.39 is 0 Å². The number of nitrogens with zero attached hydrogens (tertiary/aromatic N) is 4. The minimum atomic E-state index is 0.705. The van der Waals surface area contributed by atoms with Gasteiger partial charge in [0.25, 0.3) is 0 Å². The van der Waals surface area contributed by atoms with Crippen molar-refractivity contribution >= 4 is 38.8 Å². The SMILES string of the molecule is C=C(C)c1ccc(-c2nccc3[nH]c(-c4n[nH]c5ccc(-c6cn[nH]c6)cc45)nc23)s1. The molecule has 0 amide bonds. The fourth-order valence-corrected chi connectivity index (χ4v) is 4.63. The third kappa shape index (κ3) is 2.88. The molecule has 5 aromatic heterocycles. The minimum Gasteiger partial charge on any atom is -0.336 e. The molecule has 0 bridgehead atoms. The predicted octanol–water partition coefficient (Wildman–Crippen LogP) is 5.65. The Balaban J connectivity index is 1.50. The lowest BCUT2D eigenvalue weighted by molar-refractivity contribution is 1.09. The van der Waals surface area contributed by atoms with E-state index in [2.05, 4.69) is 55.1 Å². The number of benzene rings is 1. The van der Waals surface area contributed by atoms with Crippen molar-refractivity contribution < 1.29 is 0 Å². The highest BCUT2D eigenvalue weighted by Crippen LogP contribution is 2.35. The molecule has 5 heterocycles. The molecular weight excluding hydrogens is 406 g/mol. The Kier molecular flexibility index (Phi) is 3.87. The number of hydrogen-bond donors (Lipinski definition) is 3. The van der Waals surface area contributed by atoms with Gasteiger partial charge in [-0.2, -0.15) is 10.2 Å². The molecule has 0 radical (unpaired) electrons. The van der Waals surface area contributed by atoms with Gasteiger partial charge in [-0.25, -0.2) is 4.98 Å². The van der Waals surface area contributed by atoms with Gasteiger partial charge in [-0.3, -0.25) is 15.2 Å². The zero-order chi connectivity index (χ0) is 20.9. The summed E-state index contributed by atoms with van der Waals surface area (Å²) >= 11 is 1.67. The van der Waals surface area contributed by atoms with Crippen LogP contribution in [0.3, 0.4) is 0 Å². The molecule has 0 spiro atoms. The van der Waals surface area contributed by atoms with Crippen molar-refractivity contribution in [2.24, 2.45) is 0 Å². The molecule has 6 rings (SSSR count). The number of allylic oxidation sites excluding steroid dienone is 1. The number of aromatic nitrogens is 7. The van der Waals surface area contributed by atoms with Crippen LogP contribution in [0.4, 0.5) is 0 Å². The van der Waals surface area contributed by atoms with E-state index >= 15 is 0 Å². The Bertz CT molecular complexity index is 1570. The summed E-state index contributed by atoms with van der Waals surface area (Å²) in [6.45, 7) is 6.05. The first-order valence-corrected chi connectivity index (χ1v) is 10.6. The Hall–Kier alpha value is -4.04. The number of hydrogen-bond acceptors (Lipinski definition) is 5. The van der Waals surface area contributed by atoms with E-state index in [9.17, 15) is 0 Å². The summed E-state index contributed by atoms with van der Waals surface area (Å²) in [6.07, 6.45) is 5.49. The van der Waals surface area contributed by atoms with Gasteiger partial charge in [-0.15, -0.1) is 11.3 Å². The van der Waals surface area contributed by atoms with Crippen LogP contribution >= 0.6 is 11.3 Å². The molecule has 3 N–H and O–H groups in total. The van der Waals surface area contributed by atoms with Crippen LogP contribution in [0, 0.1) is 0 Å². The second-order valence-electron chi connectivity index (χ2n) is 7.40. The van der Waals surface area contributed by atoms with Crippen molar-refractivity contribution in [1.29, 1.82) is 0 Å². The zero-order valence-electron chi connectivity index (χ0n) is 16.6. The van der Waals surface area contributed by atoms with E-state index in [1.165, 1.54) is 0 Å². The number of H-pyrrole nitrogens is 3. The normalized spacial score (nSPS) is 11.5. The van der Waals surface area contributed by atoms with Gasteiger partial charge in [0, 0.05) is 28.2 Å². The highest BCUT2D eigenvalue weighted by molar-refractivity contribution is 7.16.